The van der Waals surface area contributed by atoms with Crippen molar-refractivity contribution in [2.24, 2.45) is 7.05 Å². The molecule has 2 N–H and O–H groups in total. The number of rotatable bonds is 3. The summed E-state index contributed by atoms with van der Waals surface area (Å²) in [6, 6.07) is 4.58. The summed E-state index contributed by atoms with van der Waals surface area (Å²) < 4.78 is 2.28. The van der Waals surface area contributed by atoms with Gasteiger partial charge in [-0.05, 0) is 48.0 Å². The van der Waals surface area contributed by atoms with Crippen LogP contribution >= 0.6 is 15.9 Å². The molecule has 0 saturated carbocycles. The molecule has 1 atom stereocenters. The predicted molar refractivity (Wildman–Crippen MR) is 79.6 cm³/mol. The Morgan fingerprint density at radius 2 is 2.20 bits per heavy atom. The van der Waals surface area contributed by atoms with Crippen molar-refractivity contribution < 1.29 is 9.90 Å². The van der Waals surface area contributed by atoms with Crippen LogP contribution in [0.2, 0.25) is 0 Å². The molecule has 1 heterocycles. The van der Waals surface area contributed by atoms with Crippen molar-refractivity contribution in [1.82, 2.24) is 15.1 Å². The molecule has 1 aromatic heterocycles. The molecule has 2 rings (SSSR count). The Kier molecular flexibility index (Phi) is 4.13. The SMILES string of the molecule is Cc1nn(C)cc1[C@H](C)NC(=O)c1ccc(Br)c(O)c1. The second kappa shape index (κ2) is 5.66. The minimum atomic E-state index is -0.233. The molecule has 0 saturated heterocycles. The number of nitrogens with one attached hydrogen (secondary N) is 1. The number of carbonyl (C=O) groups is 1. The topological polar surface area (TPSA) is 67.2 Å². The van der Waals surface area contributed by atoms with Crippen LogP contribution in [0.25, 0.3) is 0 Å². The minimum absolute atomic E-state index is 0.0443. The van der Waals surface area contributed by atoms with Crippen LogP contribution in [-0.2, 0) is 7.05 Å². The fraction of sp³-hybridized carbons (Fsp3) is 0.286. The summed E-state index contributed by atoms with van der Waals surface area (Å²) in [6.45, 7) is 3.81. The maximum absolute atomic E-state index is 12.1. The fourth-order valence-electron chi connectivity index (χ4n) is 2.05. The van der Waals surface area contributed by atoms with Crippen LogP contribution in [0.5, 0.6) is 5.75 Å². The number of hydrogen-bond acceptors (Lipinski definition) is 3. The van der Waals surface area contributed by atoms with Crippen molar-refractivity contribution in [2.75, 3.05) is 0 Å². The number of amides is 1. The van der Waals surface area contributed by atoms with Crippen molar-refractivity contribution in [3.8, 4) is 5.75 Å². The van der Waals surface area contributed by atoms with E-state index >= 15 is 0 Å². The third kappa shape index (κ3) is 3.01. The highest BCUT2D eigenvalue weighted by Crippen LogP contribution is 2.24. The molecule has 0 fully saturated rings. The summed E-state index contributed by atoms with van der Waals surface area (Å²) >= 11 is 3.19. The first-order chi connectivity index (χ1) is 9.38. The zero-order chi connectivity index (χ0) is 14.9. The molecular formula is C14H16BrN3O2. The largest absolute Gasteiger partial charge is 0.507 e. The van der Waals surface area contributed by atoms with Gasteiger partial charge in [0, 0.05) is 24.4 Å². The lowest BCUT2D eigenvalue weighted by atomic mass is 10.1. The molecule has 0 bridgehead atoms. The molecule has 0 aliphatic rings. The van der Waals surface area contributed by atoms with Gasteiger partial charge in [-0.25, -0.2) is 0 Å². The average Bonchev–Trinajstić information content (AvgIpc) is 2.71. The molecule has 1 aromatic carbocycles. The summed E-state index contributed by atoms with van der Waals surface area (Å²) in [5, 5.41) is 16.8. The van der Waals surface area contributed by atoms with Gasteiger partial charge in [0.15, 0.2) is 0 Å². The Morgan fingerprint density at radius 1 is 1.50 bits per heavy atom. The summed E-state index contributed by atoms with van der Waals surface area (Å²) in [7, 11) is 1.85. The number of nitrogens with zero attached hydrogens (tertiary/aromatic N) is 2. The average molecular weight is 338 g/mol. The Labute approximate surface area is 125 Å². The van der Waals surface area contributed by atoms with Crippen LogP contribution in [0.3, 0.4) is 0 Å². The molecule has 0 aliphatic carbocycles. The number of aryl methyl sites for hydroxylation is 2. The highest BCUT2D eigenvalue weighted by Gasteiger charge is 2.16. The summed E-state index contributed by atoms with van der Waals surface area (Å²) in [5.74, 6) is -0.189. The lowest BCUT2D eigenvalue weighted by Crippen LogP contribution is -2.26. The van der Waals surface area contributed by atoms with Crippen LogP contribution in [0.15, 0.2) is 28.9 Å². The minimum Gasteiger partial charge on any atom is -0.507 e. The fourth-order valence-corrected chi connectivity index (χ4v) is 2.30. The van der Waals surface area contributed by atoms with Crippen LogP contribution in [0.1, 0.15) is 34.6 Å². The highest BCUT2D eigenvalue weighted by molar-refractivity contribution is 9.10. The Bertz CT molecular complexity index is 652. The molecule has 20 heavy (non-hydrogen) atoms. The molecule has 0 aliphatic heterocycles. The second-order valence-corrected chi connectivity index (χ2v) is 5.56. The standard InChI is InChI=1S/C14H16BrN3O2/c1-8(11-7-18(3)17-9(11)2)16-14(20)10-4-5-12(15)13(19)6-10/h4-8,19H,1-3H3,(H,16,20)/t8-/m0/s1. The van der Waals surface area contributed by atoms with Gasteiger partial charge in [-0.3, -0.25) is 9.48 Å². The van der Waals surface area contributed by atoms with Crippen molar-refractivity contribution >= 4 is 21.8 Å². The van der Waals surface area contributed by atoms with E-state index in [4.69, 9.17) is 0 Å². The molecular weight excluding hydrogens is 322 g/mol. The van der Waals surface area contributed by atoms with Gasteiger partial charge in [-0.15, -0.1) is 0 Å². The van der Waals surface area contributed by atoms with Gasteiger partial charge >= 0.3 is 0 Å². The lowest BCUT2D eigenvalue weighted by molar-refractivity contribution is 0.0939. The number of phenols is 1. The Hall–Kier alpha value is -1.82. The number of aromatic nitrogens is 2. The zero-order valence-corrected chi connectivity index (χ0v) is 13.1. The molecule has 106 valence electrons. The predicted octanol–water partition coefficient (Wildman–Crippen LogP) is 2.69. The van der Waals surface area contributed by atoms with Crippen molar-refractivity contribution in [1.29, 1.82) is 0 Å². The lowest BCUT2D eigenvalue weighted by Gasteiger charge is -2.13. The molecule has 0 spiro atoms. The van der Waals surface area contributed by atoms with Gasteiger partial charge in [0.25, 0.3) is 5.91 Å². The molecule has 1 amide bonds. The van der Waals surface area contributed by atoms with Gasteiger partial charge < -0.3 is 10.4 Å². The maximum Gasteiger partial charge on any atom is 0.251 e. The zero-order valence-electron chi connectivity index (χ0n) is 11.5. The van der Waals surface area contributed by atoms with Crippen molar-refractivity contribution in [3.05, 3.63) is 45.7 Å². The monoisotopic (exact) mass is 337 g/mol. The highest BCUT2D eigenvalue weighted by atomic mass is 79.9. The Balaban J connectivity index is 2.15. The van der Waals surface area contributed by atoms with E-state index in [-0.39, 0.29) is 17.7 Å². The van der Waals surface area contributed by atoms with Crippen LogP contribution in [0.4, 0.5) is 0 Å². The van der Waals surface area contributed by atoms with E-state index < -0.39 is 0 Å². The second-order valence-electron chi connectivity index (χ2n) is 4.70. The maximum atomic E-state index is 12.1. The van der Waals surface area contributed by atoms with Crippen molar-refractivity contribution in [2.45, 2.75) is 19.9 Å². The summed E-state index contributed by atoms with van der Waals surface area (Å²) in [4.78, 5) is 12.1. The van der Waals surface area contributed by atoms with Gasteiger partial charge in [0.1, 0.15) is 5.75 Å². The number of carbonyl (C=O) groups excluding carboxylic acids is 1. The van der Waals surface area contributed by atoms with E-state index in [2.05, 4.69) is 26.3 Å². The first-order valence-electron chi connectivity index (χ1n) is 6.18. The first kappa shape index (κ1) is 14.6. The third-order valence-electron chi connectivity index (χ3n) is 3.07. The molecule has 0 radical (unpaired) electrons. The van der Waals surface area contributed by atoms with E-state index in [9.17, 15) is 9.90 Å². The van der Waals surface area contributed by atoms with E-state index in [1.165, 1.54) is 6.07 Å². The van der Waals surface area contributed by atoms with E-state index in [1.54, 1.807) is 16.8 Å². The summed E-state index contributed by atoms with van der Waals surface area (Å²) in [6.07, 6.45) is 1.89. The van der Waals surface area contributed by atoms with Crippen molar-refractivity contribution in [3.63, 3.8) is 0 Å². The van der Waals surface area contributed by atoms with E-state index in [1.807, 2.05) is 27.1 Å². The van der Waals surface area contributed by atoms with E-state index in [0.717, 1.165) is 11.3 Å². The quantitative estimate of drug-likeness (QED) is 0.904. The molecule has 0 unspecified atom stereocenters. The third-order valence-corrected chi connectivity index (χ3v) is 3.74. The number of benzene rings is 1. The van der Waals surface area contributed by atoms with Crippen LogP contribution < -0.4 is 5.32 Å². The first-order valence-corrected chi connectivity index (χ1v) is 6.97. The normalized spacial score (nSPS) is 12.2. The summed E-state index contributed by atoms with van der Waals surface area (Å²) in [5.41, 5.74) is 2.28. The number of phenolic OH excluding ortho intramolecular Hbond substituents is 1. The number of aromatic hydroxyl groups is 1. The van der Waals surface area contributed by atoms with Gasteiger partial charge in [0.05, 0.1) is 16.2 Å². The van der Waals surface area contributed by atoms with Crippen LogP contribution in [0, 0.1) is 6.92 Å². The number of hydrogen-bond donors (Lipinski definition) is 2. The van der Waals surface area contributed by atoms with Gasteiger partial charge in [0.2, 0.25) is 0 Å². The molecule has 6 heteroatoms. The number of halogens is 1. The molecule has 2 aromatic rings. The Morgan fingerprint density at radius 3 is 2.75 bits per heavy atom. The van der Waals surface area contributed by atoms with Gasteiger partial charge in [-0.2, -0.15) is 5.10 Å². The van der Waals surface area contributed by atoms with Gasteiger partial charge in [-0.1, -0.05) is 0 Å². The van der Waals surface area contributed by atoms with Crippen LogP contribution in [-0.4, -0.2) is 20.8 Å². The molecule has 5 nitrogen and oxygen atoms in total. The van der Waals surface area contributed by atoms with E-state index in [0.29, 0.717) is 10.0 Å². The smallest absolute Gasteiger partial charge is 0.251 e.